The van der Waals surface area contributed by atoms with Crippen LogP contribution >= 0.6 is 34.8 Å². The Hall–Kier alpha value is -2.61. The number of ether oxygens (including phenoxy) is 1. The monoisotopic (exact) mass is 423 g/mol. The molecule has 7 nitrogen and oxygen atoms in total. The lowest BCUT2D eigenvalue weighted by Gasteiger charge is -2.04. The van der Waals surface area contributed by atoms with Crippen molar-refractivity contribution in [2.24, 2.45) is 5.10 Å². The number of methoxy groups -OCH3 is 1. The lowest BCUT2D eigenvalue weighted by molar-refractivity contribution is 0.415. The quantitative estimate of drug-likeness (QED) is 0.363. The topological polar surface area (TPSA) is 92.3 Å². The summed E-state index contributed by atoms with van der Waals surface area (Å²) in [6.07, 6.45) is 1.37. The number of nitrogens with zero attached hydrogens (tertiary/aromatic N) is 3. The maximum atomic E-state index is 12.2. The van der Waals surface area contributed by atoms with Crippen LogP contribution in [0.15, 0.2) is 46.3 Å². The second-order valence-electron chi connectivity index (χ2n) is 5.21. The summed E-state index contributed by atoms with van der Waals surface area (Å²) >= 11 is 18.1. The largest absolute Gasteiger partial charge is 0.497 e. The van der Waals surface area contributed by atoms with Crippen molar-refractivity contribution in [1.29, 1.82) is 0 Å². The van der Waals surface area contributed by atoms with Gasteiger partial charge in [0.25, 0.3) is 5.56 Å². The molecule has 0 aliphatic carbocycles. The third-order valence-electron chi connectivity index (χ3n) is 3.50. The molecule has 2 N–H and O–H groups in total. The first-order valence-electron chi connectivity index (χ1n) is 7.53. The number of hydrogen-bond acceptors (Lipinski definition) is 6. The highest BCUT2D eigenvalue weighted by molar-refractivity contribution is 6.45. The molecule has 0 aliphatic heterocycles. The number of H-pyrrole nitrogens is 1. The van der Waals surface area contributed by atoms with Gasteiger partial charge >= 0.3 is 0 Å². The van der Waals surface area contributed by atoms with Gasteiger partial charge < -0.3 is 4.74 Å². The number of hydrogen-bond donors (Lipinski definition) is 2. The highest BCUT2D eigenvalue weighted by Crippen LogP contribution is 2.30. The molecule has 0 saturated carbocycles. The van der Waals surface area contributed by atoms with Crippen molar-refractivity contribution in [2.45, 2.75) is 0 Å². The van der Waals surface area contributed by atoms with E-state index in [1.54, 1.807) is 43.5 Å². The fourth-order valence-corrected chi connectivity index (χ4v) is 2.78. The summed E-state index contributed by atoms with van der Waals surface area (Å²) in [5.74, 6) is 0.733. The molecule has 0 amide bonds. The number of nitrogens with one attached hydrogen (secondary N) is 2. The number of aromatic nitrogens is 3. The van der Waals surface area contributed by atoms with Crippen LogP contribution in [0.25, 0.3) is 11.3 Å². The van der Waals surface area contributed by atoms with Gasteiger partial charge in [-0.15, -0.1) is 10.2 Å². The van der Waals surface area contributed by atoms with Gasteiger partial charge in [-0.3, -0.25) is 9.78 Å². The van der Waals surface area contributed by atoms with E-state index in [9.17, 15) is 4.79 Å². The average Bonchev–Trinajstić information content (AvgIpc) is 2.68. The molecule has 1 heterocycles. The van der Waals surface area contributed by atoms with Gasteiger partial charge in [-0.05, 0) is 36.4 Å². The fraction of sp³-hybridized carbons (Fsp3) is 0.0588. The minimum absolute atomic E-state index is 0.0581. The Labute approximate surface area is 169 Å². The number of hydrazone groups is 1. The van der Waals surface area contributed by atoms with E-state index in [0.717, 1.165) is 0 Å². The van der Waals surface area contributed by atoms with Crippen LogP contribution in [0, 0.1) is 0 Å². The molecule has 0 aliphatic rings. The molecular formula is C17H12Cl3N5O2. The van der Waals surface area contributed by atoms with E-state index in [2.05, 4.69) is 25.7 Å². The van der Waals surface area contributed by atoms with Gasteiger partial charge in [0.05, 0.1) is 28.4 Å². The van der Waals surface area contributed by atoms with Crippen molar-refractivity contribution in [3.8, 4) is 17.0 Å². The maximum Gasteiger partial charge on any atom is 0.279 e. The summed E-state index contributed by atoms with van der Waals surface area (Å²) < 4.78 is 5.08. The Kier molecular flexibility index (Phi) is 5.95. The fourth-order valence-electron chi connectivity index (χ4n) is 2.14. The molecular weight excluding hydrogens is 413 g/mol. The smallest absolute Gasteiger partial charge is 0.279 e. The van der Waals surface area contributed by atoms with E-state index >= 15 is 0 Å². The number of rotatable bonds is 5. The maximum absolute atomic E-state index is 12.2. The minimum atomic E-state index is -0.424. The Balaban J connectivity index is 1.78. The zero-order valence-electron chi connectivity index (χ0n) is 13.8. The van der Waals surface area contributed by atoms with Crippen molar-refractivity contribution >= 4 is 47.0 Å². The second kappa shape index (κ2) is 8.39. The van der Waals surface area contributed by atoms with Crippen LogP contribution in [0.5, 0.6) is 5.75 Å². The van der Waals surface area contributed by atoms with E-state index in [1.165, 1.54) is 6.21 Å². The van der Waals surface area contributed by atoms with Crippen LogP contribution in [0.2, 0.25) is 15.1 Å². The third kappa shape index (κ3) is 4.39. The van der Waals surface area contributed by atoms with Crippen molar-refractivity contribution in [3.63, 3.8) is 0 Å². The second-order valence-corrected chi connectivity index (χ2v) is 6.40. The summed E-state index contributed by atoms with van der Waals surface area (Å²) in [5.41, 5.74) is 3.36. The summed E-state index contributed by atoms with van der Waals surface area (Å²) in [6.45, 7) is 0. The molecule has 10 heteroatoms. The highest BCUT2D eigenvalue weighted by Gasteiger charge is 2.09. The Morgan fingerprint density at radius 3 is 2.44 bits per heavy atom. The SMILES string of the molecule is COc1ccc(-c2nnc(N/N=C/c3c(Cl)ccc(Cl)c3Cl)[nH]c2=O)cc1. The summed E-state index contributed by atoms with van der Waals surface area (Å²) in [6, 6.07) is 10.1. The van der Waals surface area contributed by atoms with Crippen LogP contribution in [0.1, 0.15) is 5.56 Å². The first kappa shape index (κ1) is 19.2. The van der Waals surface area contributed by atoms with E-state index in [1.807, 2.05) is 0 Å². The predicted octanol–water partition coefficient (Wildman–Crippen LogP) is 4.25. The van der Waals surface area contributed by atoms with E-state index < -0.39 is 5.56 Å². The molecule has 0 spiro atoms. The van der Waals surface area contributed by atoms with Crippen molar-refractivity contribution < 1.29 is 4.74 Å². The number of halogens is 3. The third-order valence-corrected chi connectivity index (χ3v) is 4.65. The predicted molar refractivity (Wildman–Crippen MR) is 107 cm³/mol. The number of benzene rings is 2. The molecule has 3 rings (SSSR count). The molecule has 27 heavy (non-hydrogen) atoms. The highest BCUT2D eigenvalue weighted by atomic mass is 35.5. The molecule has 0 bridgehead atoms. The molecule has 0 fully saturated rings. The zero-order chi connectivity index (χ0) is 19.4. The average molecular weight is 425 g/mol. The van der Waals surface area contributed by atoms with Crippen molar-refractivity contribution in [2.75, 3.05) is 12.5 Å². The van der Waals surface area contributed by atoms with Gasteiger partial charge in [-0.1, -0.05) is 34.8 Å². The number of aromatic amines is 1. The molecule has 3 aromatic rings. The number of anilines is 1. The molecule has 1 aromatic heterocycles. The van der Waals surface area contributed by atoms with Gasteiger partial charge in [-0.2, -0.15) is 5.10 Å². The van der Waals surface area contributed by atoms with Gasteiger partial charge in [0.1, 0.15) is 5.75 Å². The summed E-state index contributed by atoms with van der Waals surface area (Å²) in [7, 11) is 1.56. The Bertz CT molecular complexity index is 1050. The summed E-state index contributed by atoms with van der Waals surface area (Å²) in [5, 5.41) is 12.8. The van der Waals surface area contributed by atoms with Crippen molar-refractivity contribution in [3.05, 3.63) is 67.4 Å². The normalized spacial score (nSPS) is 11.0. The van der Waals surface area contributed by atoms with E-state index in [4.69, 9.17) is 39.5 Å². The molecule has 0 radical (unpaired) electrons. The van der Waals surface area contributed by atoms with Crippen LogP contribution in [0.4, 0.5) is 5.95 Å². The standard InChI is InChI=1S/C17H12Cl3N5O2/c1-27-10-4-2-9(3-5-10)15-16(26)22-17(25-23-15)24-21-8-11-12(18)6-7-13(19)14(11)20/h2-8H,1H3,(H2,22,24,25,26)/b21-8+. The first-order valence-corrected chi connectivity index (χ1v) is 8.67. The Morgan fingerprint density at radius 1 is 1.07 bits per heavy atom. The van der Waals surface area contributed by atoms with Gasteiger partial charge in [0.2, 0.25) is 5.95 Å². The van der Waals surface area contributed by atoms with Crippen LogP contribution in [-0.4, -0.2) is 28.5 Å². The Morgan fingerprint density at radius 2 is 1.78 bits per heavy atom. The van der Waals surface area contributed by atoms with Crippen molar-refractivity contribution in [1.82, 2.24) is 15.2 Å². The van der Waals surface area contributed by atoms with E-state index in [0.29, 0.717) is 26.9 Å². The zero-order valence-corrected chi connectivity index (χ0v) is 16.1. The lowest BCUT2D eigenvalue weighted by atomic mass is 10.1. The molecule has 0 atom stereocenters. The molecule has 0 unspecified atom stereocenters. The first-order chi connectivity index (χ1) is 13.0. The van der Waals surface area contributed by atoms with Gasteiger partial charge in [0, 0.05) is 11.1 Å². The minimum Gasteiger partial charge on any atom is -0.497 e. The van der Waals surface area contributed by atoms with Crippen LogP contribution in [0.3, 0.4) is 0 Å². The van der Waals surface area contributed by atoms with Crippen LogP contribution < -0.4 is 15.7 Å². The molecule has 0 saturated heterocycles. The molecule has 138 valence electrons. The van der Waals surface area contributed by atoms with Gasteiger partial charge in [-0.25, -0.2) is 5.43 Å². The molecule has 2 aromatic carbocycles. The summed E-state index contributed by atoms with van der Waals surface area (Å²) in [4.78, 5) is 14.8. The van der Waals surface area contributed by atoms with Crippen LogP contribution in [-0.2, 0) is 0 Å². The van der Waals surface area contributed by atoms with Gasteiger partial charge in [0.15, 0.2) is 5.69 Å². The van der Waals surface area contributed by atoms with E-state index in [-0.39, 0.29) is 16.7 Å². The lowest BCUT2D eigenvalue weighted by Crippen LogP contribution is -2.15.